The van der Waals surface area contributed by atoms with Crippen LogP contribution in [-0.4, -0.2) is 42.3 Å². The van der Waals surface area contributed by atoms with Crippen LogP contribution in [0.5, 0.6) is 0 Å². The number of aliphatic carboxylic acids is 1. The van der Waals surface area contributed by atoms with Crippen molar-refractivity contribution in [2.24, 2.45) is 17.8 Å². The molecule has 0 spiro atoms. The van der Waals surface area contributed by atoms with Crippen LogP contribution in [0.2, 0.25) is 0 Å². The zero-order valence-corrected chi connectivity index (χ0v) is 19.6. The molecule has 1 saturated carbocycles. The number of ether oxygens (including phenoxy) is 1. The Morgan fingerprint density at radius 3 is 2.12 bits per heavy atom. The van der Waals surface area contributed by atoms with Gasteiger partial charge in [0.05, 0.1) is 11.8 Å². The molecule has 0 heterocycles. The van der Waals surface area contributed by atoms with Crippen LogP contribution in [0.4, 0.5) is 4.79 Å². The quantitative estimate of drug-likeness (QED) is 0.517. The topological polar surface area (TPSA) is 105 Å². The van der Waals surface area contributed by atoms with Gasteiger partial charge in [-0.1, -0.05) is 55.0 Å². The van der Waals surface area contributed by atoms with E-state index in [-0.39, 0.29) is 30.9 Å². The summed E-state index contributed by atoms with van der Waals surface area (Å²) in [6, 6.07) is 15.8. The van der Waals surface area contributed by atoms with Crippen LogP contribution in [0.3, 0.4) is 0 Å². The molecule has 2 aliphatic carbocycles. The Labute approximate surface area is 199 Å². The number of fused-ring (bicyclic) bond motifs is 3. The predicted molar refractivity (Wildman–Crippen MR) is 128 cm³/mol. The number of carboxylic acid groups (broad SMARTS) is 1. The van der Waals surface area contributed by atoms with Crippen LogP contribution in [0.15, 0.2) is 48.5 Å². The summed E-state index contributed by atoms with van der Waals surface area (Å²) in [6.45, 7) is 3.64. The Morgan fingerprint density at radius 2 is 1.59 bits per heavy atom. The maximum Gasteiger partial charge on any atom is 0.407 e. The van der Waals surface area contributed by atoms with Crippen molar-refractivity contribution in [3.05, 3.63) is 59.7 Å². The minimum Gasteiger partial charge on any atom is -0.481 e. The summed E-state index contributed by atoms with van der Waals surface area (Å²) in [6.07, 6.45) is 2.35. The SMILES string of the molecule is CC(NC(=O)C(CNC(=O)OCC1c2ccccc2-c2ccccc21)C1CCC1)C(C)C(=O)O. The van der Waals surface area contributed by atoms with Crippen molar-refractivity contribution in [2.45, 2.75) is 45.1 Å². The molecule has 7 nitrogen and oxygen atoms in total. The van der Waals surface area contributed by atoms with E-state index in [1.165, 1.54) is 11.1 Å². The van der Waals surface area contributed by atoms with Gasteiger partial charge in [-0.25, -0.2) is 4.79 Å². The standard InChI is InChI=1S/C27H32N2O5/c1-16(26(31)32)17(2)29-25(30)23(18-8-7-9-18)14-28-27(33)34-15-24-21-12-5-3-10-19(21)20-11-4-6-13-22(20)24/h3-6,10-13,16-18,23-24H,7-9,14-15H2,1-2H3,(H,28,33)(H,29,30)(H,31,32). The van der Waals surface area contributed by atoms with Gasteiger partial charge in [0.15, 0.2) is 0 Å². The zero-order valence-electron chi connectivity index (χ0n) is 19.6. The summed E-state index contributed by atoms with van der Waals surface area (Å²) in [7, 11) is 0. The second kappa shape index (κ2) is 10.3. The van der Waals surface area contributed by atoms with Crippen molar-refractivity contribution in [2.75, 3.05) is 13.2 Å². The highest BCUT2D eigenvalue weighted by Gasteiger charge is 2.35. The molecule has 34 heavy (non-hydrogen) atoms. The number of hydrogen-bond acceptors (Lipinski definition) is 4. The average molecular weight is 465 g/mol. The molecule has 0 saturated heterocycles. The molecule has 0 bridgehead atoms. The van der Waals surface area contributed by atoms with Gasteiger partial charge in [-0.15, -0.1) is 0 Å². The highest BCUT2D eigenvalue weighted by atomic mass is 16.5. The third-order valence-corrected chi connectivity index (χ3v) is 7.38. The van der Waals surface area contributed by atoms with E-state index in [1.807, 2.05) is 24.3 Å². The smallest absolute Gasteiger partial charge is 0.407 e. The second-order valence-electron chi connectivity index (χ2n) is 9.43. The molecule has 0 aliphatic heterocycles. The molecule has 180 valence electrons. The second-order valence-corrected chi connectivity index (χ2v) is 9.43. The molecular weight excluding hydrogens is 432 g/mol. The zero-order chi connectivity index (χ0) is 24.2. The summed E-state index contributed by atoms with van der Waals surface area (Å²) >= 11 is 0. The van der Waals surface area contributed by atoms with E-state index in [2.05, 4.69) is 34.9 Å². The van der Waals surface area contributed by atoms with Gasteiger partial charge in [0.2, 0.25) is 5.91 Å². The van der Waals surface area contributed by atoms with Crippen molar-refractivity contribution >= 4 is 18.0 Å². The van der Waals surface area contributed by atoms with Crippen molar-refractivity contribution < 1.29 is 24.2 Å². The van der Waals surface area contributed by atoms with E-state index < -0.39 is 29.9 Å². The van der Waals surface area contributed by atoms with Crippen LogP contribution in [0.25, 0.3) is 11.1 Å². The lowest BCUT2D eigenvalue weighted by Crippen LogP contribution is -2.49. The number of carbonyl (C=O) groups excluding carboxylic acids is 2. The third kappa shape index (κ3) is 4.93. The molecule has 4 rings (SSSR count). The van der Waals surface area contributed by atoms with Crippen LogP contribution < -0.4 is 10.6 Å². The van der Waals surface area contributed by atoms with Crippen molar-refractivity contribution in [3.8, 4) is 11.1 Å². The number of carboxylic acids is 1. The van der Waals surface area contributed by atoms with Crippen molar-refractivity contribution in [1.82, 2.24) is 10.6 Å². The fourth-order valence-corrected chi connectivity index (χ4v) is 4.83. The maximum atomic E-state index is 12.9. The molecular formula is C27H32N2O5. The summed E-state index contributed by atoms with van der Waals surface area (Å²) in [5, 5.41) is 14.8. The Hall–Kier alpha value is -3.35. The van der Waals surface area contributed by atoms with Gasteiger partial charge >= 0.3 is 12.1 Å². The van der Waals surface area contributed by atoms with E-state index in [0.717, 1.165) is 30.4 Å². The van der Waals surface area contributed by atoms with Crippen LogP contribution in [-0.2, 0) is 14.3 Å². The van der Waals surface area contributed by atoms with E-state index in [0.29, 0.717) is 0 Å². The molecule has 2 aromatic rings. The Morgan fingerprint density at radius 1 is 1.00 bits per heavy atom. The van der Waals surface area contributed by atoms with E-state index in [4.69, 9.17) is 4.74 Å². The van der Waals surface area contributed by atoms with Gasteiger partial charge in [-0.3, -0.25) is 9.59 Å². The fourth-order valence-electron chi connectivity index (χ4n) is 4.83. The molecule has 3 unspecified atom stereocenters. The molecule has 2 aromatic carbocycles. The van der Waals surface area contributed by atoms with Crippen molar-refractivity contribution in [3.63, 3.8) is 0 Å². The molecule has 2 amide bonds. The van der Waals surface area contributed by atoms with Gasteiger partial charge < -0.3 is 20.5 Å². The first-order valence-corrected chi connectivity index (χ1v) is 12.0. The first kappa shape index (κ1) is 23.8. The van der Waals surface area contributed by atoms with Gasteiger partial charge in [0, 0.05) is 18.5 Å². The molecule has 0 radical (unpaired) electrons. The van der Waals surface area contributed by atoms with Gasteiger partial charge in [-0.2, -0.15) is 0 Å². The number of amides is 2. The molecule has 2 aliphatic rings. The van der Waals surface area contributed by atoms with Gasteiger partial charge in [0.1, 0.15) is 6.61 Å². The lowest BCUT2D eigenvalue weighted by atomic mass is 9.75. The first-order chi connectivity index (χ1) is 16.4. The number of rotatable bonds is 9. The maximum absolute atomic E-state index is 12.9. The average Bonchev–Trinajstić information content (AvgIpc) is 3.12. The Balaban J connectivity index is 1.34. The number of carbonyl (C=O) groups is 3. The van der Waals surface area contributed by atoms with Gasteiger partial charge in [0.25, 0.3) is 0 Å². The number of hydrogen-bond donors (Lipinski definition) is 3. The molecule has 1 fully saturated rings. The monoisotopic (exact) mass is 464 g/mol. The number of nitrogens with one attached hydrogen (secondary N) is 2. The highest BCUT2D eigenvalue weighted by Crippen LogP contribution is 2.44. The number of alkyl carbamates (subject to hydrolysis) is 1. The van der Waals surface area contributed by atoms with E-state index in [1.54, 1.807) is 13.8 Å². The summed E-state index contributed by atoms with van der Waals surface area (Å²) < 4.78 is 5.59. The first-order valence-electron chi connectivity index (χ1n) is 12.0. The van der Waals surface area contributed by atoms with E-state index in [9.17, 15) is 19.5 Å². The minimum atomic E-state index is -0.954. The van der Waals surface area contributed by atoms with Gasteiger partial charge in [-0.05, 0) is 54.9 Å². The lowest BCUT2D eigenvalue weighted by molar-refractivity contribution is -0.142. The highest BCUT2D eigenvalue weighted by molar-refractivity contribution is 5.82. The predicted octanol–water partition coefficient (Wildman–Crippen LogP) is 4.17. The normalized spacial score (nSPS) is 17.5. The minimum absolute atomic E-state index is 0.0257. The van der Waals surface area contributed by atoms with Crippen LogP contribution in [0.1, 0.15) is 50.2 Å². The molecule has 3 N–H and O–H groups in total. The van der Waals surface area contributed by atoms with Crippen LogP contribution >= 0.6 is 0 Å². The summed E-state index contributed by atoms with van der Waals surface area (Å²) in [5.41, 5.74) is 4.62. The third-order valence-electron chi connectivity index (χ3n) is 7.38. The van der Waals surface area contributed by atoms with Crippen LogP contribution in [0, 0.1) is 17.8 Å². The molecule has 0 aromatic heterocycles. The fraction of sp³-hybridized carbons (Fsp3) is 0.444. The largest absolute Gasteiger partial charge is 0.481 e. The van der Waals surface area contributed by atoms with E-state index >= 15 is 0 Å². The summed E-state index contributed by atoms with van der Waals surface area (Å²) in [5.74, 6) is -2.11. The Kier molecular flexibility index (Phi) is 7.20. The molecule has 3 atom stereocenters. The Bertz CT molecular complexity index is 1020. The summed E-state index contributed by atoms with van der Waals surface area (Å²) in [4.78, 5) is 36.6. The molecule has 7 heteroatoms. The van der Waals surface area contributed by atoms with Crippen molar-refractivity contribution in [1.29, 1.82) is 0 Å². The number of benzene rings is 2. The lowest BCUT2D eigenvalue weighted by Gasteiger charge is -2.34.